The summed E-state index contributed by atoms with van der Waals surface area (Å²) < 4.78 is 5.48. The molecule has 0 bridgehead atoms. The number of rotatable bonds is 13. The third-order valence-corrected chi connectivity index (χ3v) is 3.64. The number of hydrogen-bond acceptors (Lipinski definition) is 5. The summed E-state index contributed by atoms with van der Waals surface area (Å²) in [5.41, 5.74) is 11.1. The Kier molecular flexibility index (Phi) is 11.3. The van der Waals surface area contributed by atoms with E-state index >= 15 is 0 Å². The number of hydrogen-bond donors (Lipinski definition) is 9. The van der Waals surface area contributed by atoms with Gasteiger partial charge in [-0.1, -0.05) is 19.3 Å². The van der Waals surface area contributed by atoms with Gasteiger partial charge in [0, 0.05) is 19.2 Å². The number of nitrogens with one attached hydrogen (secondary N) is 7. The SMILES string of the molecule is N=C(N)NCCCCCCCNC(=N)NCCOc1ccc(NC(=N)N)cn1. The molecule has 1 heterocycles. The summed E-state index contributed by atoms with van der Waals surface area (Å²) in [6.45, 7) is 2.37. The van der Waals surface area contributed by atoms with Gasteiger partial charge in [-0.25, -0.2) is 4.98 Å². The number of nitrogens with zero attached hydrogens (tertiary/aromatic N) is 1. The lowest BCUT2D eigenvalue weighted by Crippen LogP contribution is -2.38. The molecule has 28 heavy (non-hydrogen) atoms. The maximum atomic E-state index is 7.80. The molecule has 11 heteroatoms. The molecule has 0 unspecified atom stereocenters. The van der Waals surface area contributed by atoms with Crippen LogP contribution in [0.1, 0.15) is 32.1 Å². The van der Waals surface area contributed by atoms with Crippen molar-refractivity contribution in [2.75, 3.05) is 31.6 Å². The van der Waals surface area contributed by atoms with Crippen LogP contribution in [0.15, 0.2) is 18.3 Å². The number of unbranched alkanes of at least 4 members (excludes halogenated alkanes) is 4. The summed E-state index contributed by atoms with van der Waals surface area (Å²) in [6, 6.07) is 3.41. The molecule has 0 saturated heterocycles. The fourth-order valence-electron chi connectivity index (χ4n) is 2.31. The Labute approximate surface area is 165 Å². The van der Waals surface area contributed by atoms with Crippen LogP contribution in [-0.4, -0.2) is 49.1 Å². The van der Waals surface area contributed by atoms with Crippen molar-refractivity contribution in [1.82, 2.24) is 20.9 Å². The van der Waals surface area contributed by atoms with Gasteiger partial charge in [0.25, 0.3) is 0 Å². The highest BCUT2D eigenvalue weighted by Crippen LogP contribution is 2.10. The first-order chi connectivity index (χ1) is 13.5. The molecule has 0 saturated carbocycles. The van der Waals surface area contributed by atoms with Crippen LogP contribution >= 0.6 is 0 Å². The van der Waals surface area contributed by atoms with Gasteiger partial charge >= 0.3 is 0 Å². The number of ether oxygens (including phenoxy) is 1. The molecule has 0 atom stereocenters. The van der Waals surface area contributed by atoms with E-state index in [0.29, 0.717) is 24.7 Å². The molecule has 0 spiro atoms. The summed E-state index contributed by atoms with van der Waals surface area (Å²) in [5.74, 6) is 0.626. The number of anilines is 1. The standard InChI is InChI=1S/C17H32N10O/c18-15(19)23-8-4-2-1-3-5-9-24-17(22)25-10-11-28-14-7-6-13(12-26-14)27-16(20)21/h6-7,12H,1-5,8-11H2,(H4,18,19,23)(H4,20,21,27)(H3,22,24,25). The molecule has 0 aliphatic rings. The Morgan fingerprint density at radius 2 is 1.50 bits per heavy atom. The molecule has 0 aliphatic carbocycles. The topological polar surface area (TPSA) is 194 Å². The second-order valence-electron chi connectivity index (χ2n) is 6.11. The summed E-state index contributed by atoms with van der Waals surface area (Å²) >= 11 is 0. The second kappa shape index (κ2) is 13.9. The minimum Gasteiger partial charge on any atom is -0.476 e. The van der Waals surface area contributed by atoms with E-state index in [1.54, 1.807) is 12.1 Å². The molecule has 0 radical (unpaired) electrons. The highest BCUT2D eigenvalue weighted by Gasteiger charge is 1.99. The van der Waals surface area contributed by atoms with Crippen LogP contribution < -0.4 is 37.5 Å². The highest BCUT2D eigenvalue weighted by atomic mass is 16.5. The van der Waals surface area contributed by atoms with Crippen molar-refractivity contribution >= 4 is 23.6 Å². The Bertz CT molecular complexity index is 604. The normalized spacial score (nSPS) is 10.0. The predicted octanol–water partition coefficient (Wildman–Crippen LogP) is 0.313. The number of aromatic nitrogens is 1. The second-order valence-corrected chi connectivity index (χ2v) is 6.11. The van der Waals surface area contributed by atoms with Gasteiger partial charge in [0.1, 0.15) is 6.61 Å². The fourth-order valence-corrected chi connectivity index (χ4v) is 2.31. The zero-order valence-corrected chi connectivity index (χ0v) is 16.1. The number of nitrogens with two attached hydrogens (primary N) is 2. The zero-order chi connectivity index (χ0) is 20.6. The predicted molar refractivity (Wildman–Crippen MR) is 112 cm³/mol. The van der Waals surface area contributed by atoms with E-state index in [0.717, 1.165) is 45.2 Å². The van der Waals surface area contributed by atoms with Crippen LogP contribution in [0, 0.1) is 16.2 Å². The molecule has 0 amide bonds. The maximum absolute atomic E-state index is 7.80. The fraction of sp³-hybridized carbons (Fsp3) is 0.529. The van der Waals surface area contributed by atoms with Crippen LogP contribution in [0.5, 0.6) is 5.88 Å². The van der Waals surface area contributed by atoms with Crippen molar-refractivity contribution in [2.45, 2.75) is 32.1 Å². The van der Waals surface area contributed by atoms with E-state index in [-0.39, 0.29) is 17.9 Å². The highest BCUT2D eigenvalue weighted by molar-refractivity contribution is 5.89. The average molecular weight is 393 g/mol. The van der Waals surface area contributed by atoms with Gasteiger partial charge in [0.2, 0.25) is 5.88 Å². The monoisotopic (exact) mass is 392 g/mol. The van der Waals surface area contributed by atoms with Gasteiger partial charge in [-0.05, 0) is 18.9 Å². The molecule has 0 aromatic carbocycles. The lowest BCUT2D eigenvalue weighted by molar-refractivity contribution is 0.309. The summed E-state index contributed by atoms with van der Waals surface area (Å²) in [7, 11) is 0. The largest absolute Gasteiger partial charge is 0.476 e. The average Bonchev–Trinajstić information content (AvgIpc) is 2.64. The third-order valence-electron chi connectivity index (χ3n) is 3.64. The van der Waals surface area contributed by atoms with E-state index in [4.69, 9.17) is 32.4 Å². The molecular formula is C17H32N10O. The molecule has 0 aliphatic heterocycles. The first-order valence-electron chi connectivity index (χ1n) is 9.31. The Morgan fingerprint density at radius 3 is 2.11 bits per heavy atom. The summed E-state index contributed by atoms with van der Waals surface area (Å²) in [5, 5.41) is 33.4. The van der Waals surface area contributed by atoms with Crippen LogP contribution in [-0.2, 0) is 0 Å². The molecule has 156 valence electrons. The lowest BCUT2D eigenvalue weighted by Gasteiger charge is -2.11. The smallest absolute Gasteiger partial charge is 0.213 e. The Hall–Kier alpha value is -3.24. The molecule has 0 fully saturated rings. The van der Waals surface area contributed by atoms with Gasteiger partial charge in [0.15, 0.2) is 17.9 Å². The third kappa shape index (κ3) is 12.2. The molecular weight excluding hydrogens is 360 g/mol. The zero-order valence-electron chi connectivity index (χ0n) is 16.1. The van der Waals surface area contributed by atoms with Crippen molar-refractivity contribution in [3.63, 3.8) is 0 Å². The number of pyridine rings is 1. The molecule has 1 aromatic heterocycles. The van der Waals surface area contributed by atoms with Crippen molar-refractivity contribution < 1.29 is 4.74 Å². The quantitative estimate of drug-likeness (QED) is 0.130. The minimum atomic E-state index is -0.146. The first kappa shape index (κ1) is 22.8. The van der Waals surface area contributed by atoms with Crippen molar-refractivity contribution in [3.05, 3.63) is 18.3 Å². The van der Waals surface area contributed by atoms with Crippen LogP contribution in [0.3, 0.4) is 0 Å². The molecule has 1 aromatic rings. The minimum absolute atomic E-state index is 0.0248. The molecule has 1 rings (SSSR count). The van der Waals surface area contributed by atoms with Gasteiger partial charge in [-0.3, -0.25) is 16.2 Å². The Balaban J connectivity index is 1.96. The van der Waals surface area contributed by atoms with Crippen LogP contribution in [0.2, 0.25) is 0 Å². The van der Waals surface area contributed by atoms with Gasteiger partial charge in [0.05, 0.1) is 18.4 Å². The maximum Gasteiger partial charge on any atom is 0.213 e. The van der Waals surface area contributed by atoms with E-state index < -0.39 is 0 Å². The van der Waals surface area contributed by atoms with E-state index in [1.807, 2.05) is 0 Å². The van der Waals surface area contributed by atoms with E-state index in [2.05, 4.69) is 26.3 Å². The summed E-state index contributed by atoms with van der Waals surface area (Å²) in [6.07, 6.45) is 6.88. The van der Waals surface area contributed by atoms with Gasteiger partial charge < -0.3 is 37.5 Å². The van der Waals surface area contributed by atoms with E-state index in [9.17, 15) is 0 Å². The number of guanidine groups is 3. The van der Waals surface area contributed by atoms with Crippen molar-refractivity contribution in [3.8, 4) is 5.88 Å². The van der Waals surface area contributed by atoms with Crippen LogP contribution in [0.4, 0.5) is 5.69 Å². The van der Waals surface area contributed by atoms with Crippen molar-refractivity contribution in [1.29, 1.82) is 16.2 Å². The summed E-state index contributed by atoms with van der Waals surface area (Å²) in [4.78, 5) is 4.10. The molecule has 11 nitrogen and oxygen atoms in total. The molecule has 11 N–H and O–H groups in total. The lowest BCUT2D eigenvalue weighted by atomic mass is 10.1. The first-order valence-corrected chi connectivity index (χ1v) is 9.31. The van der Waals surface area contributed by atoms with Crippen LogP contribution in [0.25, 0.3) is 0 Å². The van der Waals surface area contributed by atoms with Crippen molar-refractivity contribution in [2.24, 2.45) is 11.5 Å². The van der Waals surface area contributed by atoms with E-state index in [1.165, 1.54) is 6.20 Å². The Morgan fingerprint density at radius 1 is 0.857 bits per heavy atom. The van der Waals surface area contributed by atoms with Gasteiger partial charge in [-0.15, -0.1) is 0 Å². The van der Waals surface area contributed by atoms with Gasteiger partial charge in [-0.2, -0.15) is 0 Å².